The van der Waals surface area contributed by atoms with Crippen molar-refractivity contribution in [1.29, 1.82) is 0 Å². The highest BCUT2D eigenvalue weighted by atomic mass is 19.2. The van der Waals surface area contributed by atoms with E-state index in [-0.39, 0.29) is 0 Å². The van der Waals surface area contributed by atoms with Crippen molar-refractivity contribution in [3.63, 3.8) is 0 Å². The molecule has 0 bridgehead atoms. The van der Waals surface area contributed by atoms with Crippen LogP contribution in [0.4, 0.5) is 8.78 Å². The molecule has 0 aliphatic heterocycles. The Morgan fingerprint density at radius 3 is 2.50 bits per heavy atom. The molecule has 0 N–H and O–H groups in total. The van der Waals surface area contributed by atoms with E-state index in [9.17, 15) is 8.78 Å². The molecule has 4 heteroatoms. The SMILES string of the molecule is CN(C)C1CC(n2ccc3cc(F)c(F)cc32)C1. The quantitative estimate of drug-likeness (QED) is 0.794. The number of halogens is 2. The summed E-state index contributed by atoms with van der Waals surface area (Å²) in [6.45, 7) is 0. The maximum atomic E-state index is 13.3. The average Bonchev–Trinajstić information content (AvgIpc) is 2.60. The van der Waals surface area contributed by atoms with Gasteiger partial charge in [0.1, 0.15) is 0 Å². The summed E-state index contributed by atoms with van der Waals surface area (Å²) in [4.78, 5) is 2.21. The standard InChI is InChI=1S/C14H16F2N2/c1-17(2)10-6-11(7-10)18-4-3-9-5-12(15)13(16)8-14(9)18/h3-5,8,10-11H,6-7H2,1-2H3. The lowest BCUT2D eigenvalue weighted by Gasteiger charge is -2.40. The van der Waals surface area contributed by atoms with Crippen molar-refractivity contribution in [2.24, 2.45) is 0 Å². The second-order valence-electron chi connectivity index (χ2n) is 5.29. The van der Waals surface area contributed by atoms with Crippen LogP contribution in [0, 0.1) is 11.6 Å². The lowest BCUT2D eigenvalue weighted by molar-refractivity contribution is 0.132. The zero-order chi connectivity index (χ0) is 12.9. The smallest absolute Gasteiger partial charge is 0.160 e. The Kier molecular flexibility index (Phi) is 2.63. The van der Waals surface area contributed by atoms with Crippen LogP contribution in [0.1, 0.15) is 18.9 Å². The molecule has 1 fully saturated rings. The third-order valence-corrected chi connectivity index (χ3v) is 3.97. The largest absolute Gasteiger partial charge is 0.344 e. The van der Waals surface area contributed by atoms with Gasteiger partial charge in [0.2, 0.25) is 0 Å². The molecule has 1 aliphatic rings. The van der Waals surface area contributed by atoms with E-state index in [4.69, 9.17) is 0 Å². The molecular formula is C14H16F2N2. The maximum Gasteiger partial charge on any atom is 0.160 e. The molecule has 3 rings (SSSR count). The number of rotatable bonds is 2. The second-order valence-corrected chi connectivity index (χ2v) is 5.29. The van der Waals surface area contributed by atoms with Crippen LogP contribution in [0.3, 0.4) is 0 Å². The van der Waals surface area contributed by atoms with E-state index < -0.39 is 11.6 Å². The number of aromatic nitrogens is 1. The van der Waals surface area contributed by atoms with Gasteiger partial charge in [0.25, 0.3) is 0 Å². The highest BCUT2D eigenvalue weighted by Gasteiger charge is 2.32. The number of hydrogen-bond acceptors (Lipinski definition) is 1. The lowest BCUT2D eigenvalue weighted by atomic mass is 9.85. The molecule has 96 valence electrons. The number of fused-ring (bicyclic) bond motifs is 1. The van der Waals surface area contributed by atoms with Gasteiger partial charge in [0.15, 0.2) is 11.6 Å². The summed E-state index contributed by atoms with van der Waals surface area (Å²) in [6, 6.07) is 5.41. The fourth-order valence-corrected chi connectivity index (χ4v) is 2.68. The zero-order valence-electron chi connectivity index (χ0n) is 10.5. The van der Waals surface area contributed by atoms with Crippen LogP contribution in [0.2, 0.25) is 0 Å². The van der Waals surface area contributed by atoms with Gasteiger partial charge in [-0.25, -0.2) is 8.78 Å². The van der Waals surface area contributed by atoms with Gasteiger partial charge in [-0.15, -0.1) is 0 Å². The molecule has 0 saturated heterocycles. The van der Waals surface area contributed by atoms with E-state index in [1.54, 1.807) is 0 Å². The first-order chi connectivity index (χ1) is 8.56. The van der Waals surface area contributed by atoms with Crippen molar-refractivity contribution in [2.45, 2.75) is 24.9 Å². The molecule has 0 radical (unpaired) electrons. The van der Waals surface area contributed by atoms with Crippen LogP contribution in [0.25, 0.3) is 10.9 Å². The third-order valence-electron chi connectivity index (χ3n) is 3.97. The van der Waals surface area contributed by atoms with Crippen molar-refractivity contribution < 1.29 is 8.78 Å². The van der Waals surface area contributed by atoms with Gasteiger partial charge in [-0.3, -0.25) is 0 Å². The second kappa shape index (κ2) is 4.05. The Labute approximate surface area is 105 Å². The summed E-state index contributed by atoms with van der Waals surface area (Å²) >= 11 is 0. The monoisotopic (exact) mass is 250 g/mol. The van der Waals surface area contributed by atoms with Gasteiger partial charge in [-0.1, -0.05) is 0 Å². The number of benzene rings is 1. The van der Waals surface area contributed by atoms with Gasteiger partial charge in [-0.2, -0.15) is 0 Å². The van der Waals surface area contributed by atoms with Crippen molar-refractivity contribution >= 4 is 10.9 Å². The summed E-state index contributed by atoms with van der Waals surface area (Å²) in [5, 5.41) is 0.766. The first-order valence-corrected chi connectivity index (χ1v) is 6.18. The summed E-state index contributed by atoms with van der Waals surface area (Å²) in [5.41, 5.74) is 0.788. The van der Waals surface area contributed by atoms with Crippen LogP contribution in [0.5, 0.6) is 0 Å². The van der Waals surface area contributed by atoms with E-state index in [1.165, 1.54) is 12.1 Å². The summed E-state index contributed by atoms with van der Waals surface area (Å²) < 4.78 is 28.5. The van der Waals surface area contributed by atoms with Crippen molar-refractivity contribution in [2.75, 3.05) is 14.1 Å². The topological polar surface area (TPSA) is 8.17 Å². The Hall–Kier alpha value is -1.42. The Balaban J connectivity index is 1.92. The fraction of sp³-hybridized carbons (Fsp3) is 0.429. The normalized spacial score (nSPS) is 23.6. The number of nitrogens with zero attached hydrogens (tertiary/aromatic N) is 2. The molecule has 0 atom stereocenters. The minimum Gasteiger partial charge on any atom is -0.344 e. The molecule has 2 aromatic rings. The van der Waals surface area contributed by atoms with E-state index in [0.717, 1.165) is 23.7 Å². The summed E-state index contributed by atoms with van der Waals surface area (Å²) in [7, 11) is 4.15. The first kappa shape index (κ1) is 11.7. The minimum atomic E-state index is -0.778. The van der Waals surface area contributed by atoms with E-state index in [0.29, 0.717) is 12.1 Å². The highest BCUT2D eigenvalue weighted by molar-refractivity contribution is 5.80. The van der Waals surface area contributed by atoms with Crippen LogP contribution < -0.4 is 0 Å². The van der Waals surface area contributed by atoms with Gasteiger partial charge in [-0.05, 0) is 39.1 Å². The summed E-state index contributed by atoms with van der Waals surface area (Å²) in [6.07, 6.45) is 4.06. The number of hydrogen-bond donors (Lipinski definition) is 0. The van der Waals surface area contributed by atoms with Crippen molar-refractivity contribution in [3.05, 3.63) is 36.0 Å². The molecular weight excluding hydrogens is 234 g/mol. The molecule has 18 heavy (non-hydrogen) atoms. The molecule has 0 spiro atoms. The Bertz CT molecular complexity index is 583. The van der Waals surface area contributed by atoms with Crippen LogP contribution in [0.15, 0.2) is 24.4 Å². The van der Waals surface area contributed by atoms with Crippen molar-refractivity contribution in [1.82, 2.24) is 9.47 Å². The molecule has 2 nitrogen and oxygen atoms in total. The van der Waals surface area contributed by atoms with E-state index in [1.807, 2.05) is 12.3 Å². The van der Waals surface area contributed by atoms with Gasteiger partial charge in [0, 0.05) is 29.7 Å². The van der Waals surface area contributed by atoms with Gasteiger partial charge >= 0.3 is 0 Å². The Morgan fingerprint density at radius 2 is 1.83 bits per heavy atom. The van der Waals surface area contributed by atoms with Crippen LogP contribution in [-0.4, -0.2) is 29.6 Å². The first-order valence-electron chi connectivity index (χ1n) is 6.18. The molecule has 1 aliphatic carbocycles. The predicted octanol–water partition coefficient (Wildman–Crippen LogP) is 3.18. The van der Waals surface area contributed by atoms with Gasteiger partial charge < -0.3 is 9.47 Å². The Morgan fingerprint density at radius 1 is 1.17 bits per heavy atom. The lowest BCUT2D eigenvalue weighted by Crippen LogP contribution is -2.41. The van der Waals surface area contributed by atoms with E-state index >= 15 is 0 Å². The molecule has 0 unspecified atom stereocenters. The molecule has 1 heterocycles. The van der Waals surface area contributed by atoms with Crippen molar-refractivity contribution in [3.8, 4) is 0 Å². The highest BCUT2D eigenvalue weighted by Crippen LogP contribution is 2.37. The van der Waals surface area contributed by atoms with E-state index in [2.05, 4.69) is 23.6 Å². The zero-order valence-corrected chi connectivity index (χ0v) is 10.5. The van der Waals surface area contributed by atoms with Gasteiger partial charge in [0.05, 0.1) is 5.52 Å². The third kappa shape index (κ3) is 1.72. The predicted molar refractivity (Wildman–Crippen MR) is 67.6 cm³/mol. The van der Waals surface area contributed by atoms with Crippen LogP contribution in [-0.2, 0) is 0 Å². The average molecular weight is 250 g/mol. The minimum absolute atomic E-state index is 0.403. The summed E-state index contributed by atoms with van der Waals surface area (Å²) in [5.74, 6) is -1.55. The molecule has 0 amide bonds. The molecule has 1 aromatic carbocycles. The maximum absolute atomic E-state index is 13.3. The molecule has 1 saturated carbocycles. The van der Waals surface area contributed by atoms with Crippen LogP contribution >= 0.6 is 0 Å². The molecule has 1 aromatic heterocycles. The fourth-order valence-electron chi connectivity index (χ4n) is 2.68.